The van der Waals surface area contributed by atoms with Gasteiger partial charge in [-0.1, -0.05) is 103 Å². The van der Waals surface area contributed by atoms with Crippen LogP contribution in [0.5, 0.6) is 5.75 Å². The van der Waals surface area contributed by atoms with E-state index in [-0.39, 0.29) is 61.4 Å². The van der Waals surface area contributed by atoms with E-state index in [4.69, 9.17) is 0 Å². The molecule has 8 nitrogen and oxygen atoms in total. The van der Waals surface area contributed by atoms with Crippen LogP contribution in [0.4, 0.5) is 0 Å². The van der Waals surface area contributed by atoms with Crippen molar-refractivity contribution in [2.75, 3.05) is 6.54 Å². The zero-order chi connectivity index (χ0) is 34.7. The quantitative estimate of drug-likeness (QED) is 0.177. The Balaban J connectivity index is 1.37. The summed E-state index contributed by atoms with van der Waals surface area (Å²) in [6, 6.07) is 29.4. The Bertz CT molecular complexity index is 2150. The van der Waals surface area contributed by atoms with Gasteiger partial charge in [0.05, 0.1) is 17.3 Å². The molecule has 4 aliphatic rings. The molecule has 0 radical (unpaired) electrons. The molecule has 8 rings (SSSR count). The van der Waals surface area contributed by atoms with E-state index in [1.165, 1.54) is 11.0 Å². The van der Waals surface area contributed by atoms with Crippen molar-refractivity contribution in [1.82, 2.24) is 4.90 Å². The summed E-state index contributed by atoms with van der Waals surface area (Å²) >= 11 is 0. The SMILES string of the molecule is O=C(O)CCCN1C(=O)[C@H]2[C@H](CC=C3[C@H]2C[C@H]2C(=O)C(c4ccccc4)=CC(=O)[C@@]2(c2ccccc2)[C@H]3c2ccc(O)c3ccccc23)C1=O. The van der Waals surface area contributed by atoms with E-state index in [2.05, 4.69) is 0 Å². The van der Waals surface area contributed by atoms with Gasteiger partial charge in [0.25, 0.3) is 0 Å². The minimum Gasteiger partial charge on any atom is -0.507 e. The lowest BCUT2D eigenvalue weighted by Gasteiger charge is -2.55. The summed E-state index contributed by atoms with van der Waals surface area (Å²) in [5, 5.41) is 21.5. The fourth-order valence-corrected chi connectivity index (χ4v) is 9.45. The number of ketones is 2. The summed E-state index contributed by atoms with van der Waals surface area (Å²) in [5.41, 5.74) is 1.88. The van der Waals surface area contributed by atoms with Crippen LogP contribution < -0.4 is 0 Å². The lowest BCUT2D eigenvalue weighted by molar-refractivity contribution is -0.142. The van der Waals surface area contributed by atoms with Gasteiger partial charge in [-0.15, -0.1) is 0 Å². The lowest BCUT2D eigenvalue weighted by Crippen LogP contribution is -2.58. The molecule has 0 bridgehead atoms. The molecule has 2 N–H and O–H groups in total. The van der Waals surface area contributed by atoms with Crippen LogP contribution >= 0.6 is 0 Å². The summed E-state index contributed by atoms with van der Waals surface area (Å²) in [7, 11) is 0. The smallest absolute Gasteiger partial charge is 0.303 e. The number of amides is 2. The Labute approximate surface area is 288 Å². The maximum atomic E-state index is 15.2. The number of carbonyl (C=O) groups is 5. The standard InChI is InChI=1S/C42H35NO7/c44-34-20-19-28(26-14-7-8-15-27(26)34)38-29-17-18-30-37(41(50)43(40(30)49)21-9-16-36(46)47)32(29)22-33-39(48)31(24-10-3-1-4-11-24)23-35(45)42(33,38)25-12-5-2-6-13-25/h1-8,10-15,17,19-20,23,30,32-33,37-38,44H,9,16,18,21-22H2,(H,46,47)/t30-,32+,33-,37-,38-,42-/m0/s1. The van der Waals surface area contributed by atoms with Gasteiger partial charge >= 0.3 is 5.97 Å². The fourth-order valence-electron chi connectivity index (χ4n) is 9.45. The molecule has 8 heteroatoms. The van der Waals surface area contributed by atoms with Gasteiger partial charge in [0.2, 0.25) is 11.8 Å². The van der Waals surface area contributed by atoms with Gasteiger partial charge in [-0.3, -0.25) is 28.9 Å². The molecule has 6 atom stereocenters. The first-order valence-electron chi connectivity index (χ1n) is 17.1. The van der Waals surface area contributed by atoms with Gasteiger partial charge in [0.1, 0.15) is 5.75 Å². The molecule has 1 heterocycles. The number of hydrogen-bond donors (Lipinski definition) is 2. The average Bonchev–Trinajstić information content (AvgIpc) is 3.38. The van der Waals surface area contributed by atoms with Gasteiger partial charge in [-0.2, -0.15) is 0 Å². The van der Waals surface area contributed by atoms with Crippen LogP contribution in [0.25, 0.3) is 16.3 Å². The highest BCUT2D eigenvalue weighted by Gasteiger charge is 2.66. The third-order valence-electron chi connectivity index (χ3n) is 11.5. The number of benzene rings is 4. The summed E-state index contributed by atoms with van der Waals surface area (Å²) < 4.78 is 0. The molecule has 2 fully saturated rings. The molecule has 1 saturated carbocycles. The molecule has 1 aliphatic heterocycles. The van der Waals surface area contributed by atoms with Gasteiger partial charge in [0.15, 0.2) is 11.6 Å². The van der Waals surface area contributed by atoms with Crippen LogP contribution in [-0.4, -0.2) is 51.0 Å². The minimum absolute atomic E-state index is 0.0146. The number of carbonyl (C=O) groups excluding carboxylic acids is 4. The van der Waals surface area contributed by atoms with E-state index in [0.717, 1.165) is 16.5 Å². The van der Waals surface area contributed by atoms with Crippen molar-refractivity contribution in [1.29, 1.82) is 0 Å². The van der Waals surface area contributed by atoms with Crippen LogP contribution in [0.1, 0.15) is 48.3 Å². The highest BCUT2D eigenvalue weighted by molar-refractivity contribution is 6.31. The topological polar surface area (TPSA) is 129 Å². The van der Waals surface area contributed by atoms with Crippen LogP contribution in [0.15, 0.2) is 115 Å². The van der Waals surface area contributed by atoms with Crippen LogP contribution in [0.3, 0.4) is 0 Å². The second-order valence-electron chi connectivity index (χ2n) is 13.8. The highest BCUT2D eigenvalue weighted by atomic mass is 16.4. The number of hydrogen-bond acceptors (Lipinski definition) is 6. The molecular formula is C42H35NO7. The maximum Gasteiger partial charge on any atom is 0.303 e. The number of Topliss-reactive ketones (excluding diaryl/α,β-unsaturated/α-hetero) is 1. The van der Waals surface area contributed by atoms with Crippen molar-refractivity contribution in [3.05, 3.63) is 131 Å². The summed E-state index contributed by atoms with van der Waals surface area (Å²) in [5.74, 6) is -5.47. The molecule has 4 aromatic rings. The molecule has 1 saturated heterocycles. The van der Waals surface area contributed by atoms with E-state index in [0.29, 0.717) is 22.1 Å². The zero-order valence-electron chi connectivity index (χ0n) is 27.2. The van der Waals surface area contributed by atoms with Gasteiger partial charge in [-0.25, -0.2) is 0 Å². The van der Waals surface area contributed by atoms with E-state index in [9.17, 15) is 24.6 Å². The van der Waals surface area contributed by atoms with Crippen molar-refractivity contribution < 1.29 is 34.2 Å². The second-order valence-corrected chi connectivity index (χ2v) is 13.8. The number of allylic oxidation sites excluding steroid dienone is 4. The fraction of sp³-hybridized carbons (Fsp3) is 0.262. The van der Waals surface area contributed by atoms with E-state index >= 15 is 9.59 Å². The lowest BCUT2D eigenvalue weighted by atomic mass is 9.44. The Hall–Kier alpha value is -5.63. The summed E-state index contributed by atoms with van der Waals surface area (Å²) in [6.45, 7) is 0.0146. The molecule has 3 aliphatic carbocycles. The molecule has 250 valence electrons. The molecule has 0 aromatic heterocycles. The van der Waals surface area contributed by atoms with Crippen molar-refractivity contribution in [2.24, 2.45) is 23.7 Å². The predicted molar refractivity (Wildman–Crippen MR) is 186 cm³/mol. The van der Waals surface area contributed by atoms with Crippen molar-refractivity contribution in [2.45, 2.75) is 37.0 Å². The van der Waals surface area contributed by atoms with Crippen molar-refractivity contribution in [3.8, 4) is 5.75 Å². The third kappa shape index (κ3) is 4.61. The Morgan fingerprint density at radius 1 is 0.800 bits per heavy atom. The number of carboxylic acids is 1. The number of aliphatic carboxylic acids is 1. The van der Waals surface area contributed by atoms with Gasteiger partial charge in [0, 0.05) is 35.8 Å². The number of aromatic hydroxyl groups is 1. The third-order valence-corrected chi connectivity index (χ3v) is 11.5. The summed E-state index contributed by atoms with van der Waals surface area (Å²) in [6.07, 6.45) is 3.97. The van der Waals surface area contributed by atoms with Gasteiger partial charge in [-0.05, 0) is 59.4 Å². The van der Waals surface area contributed by atoms with Crippen LogP contribution in [0.2, 0.25) is 0 Å². The average molecular weight is 666 g/mol. The largest absolute Gasteiger partial charge is 0.507 e. The normalized spacial score (nSPS) is 27.4. The molecule has 50 heavy (non-hydrogen) atoms. The molecular weight excluding hydrogens is 630 g/mol. The van der Waals surface area contributed by atoms with Crippen molar-refractivity contribution >= 4 is 45.7 Å². The van der Waals surface area contributed by atoms with E-state index < -0.39 is 41.0 Å². The first-order chi connectivity index (χ1) is 24.2. The zero-order valence-corrected chi connectivity index (χ0v) is 27.2. The molecule has 2 amide bonds. The monoisotopic (exact) mass is 665 g/mol. The number of nitrogens with zero attached hydrogens (tertiary/aromatic N) is 1. The number of carboxylic acid groups (broad SMARTS) is 1. The molecule has 0 unspecified atom stereocenters. The number of rotatable bonds is 7. The first-order valence-corrected chi connectivity index (χ1v) is 17.1. The second kappa shape index (κ2) is 12.1. The van der Waals surface area contributed by atoms with Crippen LogP contribution in [-0.2, 0) is 29.4 Å². The van der Waals surface area contributed by atoms with Crippen LogP contribution in [0, 0.1) is 23.7 Å². The highest BCUT2D eigenvalue weighted by Crippen LogP contribution is 2.64. The maximum absolute atomic E-state index is 15.2. The number of likely N-dealkylation sites (tertiary alicyclic amines) is 1. The number of phenolic OH excluding ortho intramolecular Hbond substituents is 1. The number of phenols is 1. The predicted octanol–water partition coefficient (Wildman–Crippen LogP) is 6.23. The molecule has 0 spiro atoms. The van der Waals surface area contributed by atoms with Crippen molar-refractivity contribution in [3.63, 3.8) is 0 Å². The van der Waals surface area contributed by atoms with E-state index in [1.807, 2.05) is 97.1 Å². The number of imide groups is 1. The van der Waals surface area contributed by atoms with E-state index in [1.54, 1.807) is 6.07 Å². The Morgan fingerprint density at radius 3 is 2.20 bits per heavy atom. The summed E-state index contributed by atoms with van der Waals surface area (Å²) in [4.78, 5) is 70.8. The number of fused-ring (bicyclic) bond motifs is 5. The Morgan fingerprint density at radius 2 is 1.48 bits per heavy atom. The Kier molecular flexibility index (Phi) is 7.62. The first kappa shape index (κ1) is 31.6. The van der Waals surface area contributed by atoms with Gasteiger partial charge < -0.3 is 10.2 Å². The minimum atomic E-state index is -1.38. The molecule has 4 aromatic carbocycles.